The third kappa shape index (κ3) is 3.66. The fraction of sp³-hybridized carbons (Fsp3) is 0.909. The summed E-state index contributed by atoms with van der Waals surface area (Å²) in [6.07, 6.45) is 12.8. The standard InChI is InChI=1S/C22H36N2O2/c1-20-11-17-12-21(2,14-20)16-22(13-17,15-20)23-18(25)7-6-8-19(26)24-9-4-3-5-10-24/h17H,3-16H2,1-2H3,(H,23,25). The molecule has 1 saturated heterocycles. The van der Waals surface area contributed by atoms with Gasteiger partial charge in [-0.05, 0) is 81.0 Å². The summed E-state index contributed by atoms with van der Waals surface area (Å²) in [5.41, 5.74) is 0.883. The number of piperidine rings is 1. The molecular weight excluding hydrogens is 324 g/mol. The molecule has 0 aromatic heterocycles. The van der Waals surface area contributed by atoms with E-state index in [1.165, 1.54) is 32.1 Å². The van der Waals surface area contributed by atoms with Crippen molar-refractivity contribution in [1.29, 1.82) is 0 Å². The van der Waals surface area contributed by atoms with Gasteiger partial charge in [-0.1, -0.05) is 13.8 Å². The van der Waals surface area contributed by atoms with Gasteiger partial charge in [0.05, 0.1) is 0 Å². The highest BCUT2D eigenvalue weighted by molar-refractivity contribution is 5.79. The monoisotopic (exact) mass is 360 g/mol. The highest BCUT2D eigenvalue weighted by atomic mass is 16.2. The minimum atomic E-state index is 0.0386. The molecule has 5 aliphatic rings. The van der Waals surface area contributed by atoms with Crippen LogP contribution in [0.5, 0.6) is 0 Å². The Morgan fingerprint density at radius 2 is 1.58 bits per heavy atom. The van der Waals surface area contributed by atoms with Crippen LogP contribution in [-0.2, 0) is 9.59 Å². The van der Waals surface area contributed by atoms with Gasteiger partial charge in [0.2, 0.25) is 11.8 Å². The molecule has 5 fully saturated rings. The summed E-state index contributed by atoms with van der Waals surface area (Å²) in [4.78, 5) is 26.9. The van der Waals surface area contributed by atoms with E-state index in [2.05, 4.69) is 19.2 Å². The van der Waals surface area contributed by atoms with Crippen molar-refractivity contribution in [2.75, 3.05) is 13.1 Å². The van der Waals surface area contributed by atoms with Gasteiger partial charge >= 0.3 is 0 Å². The molecule has 5 rings (SSSR count). The van der Waals surface area contributed by atoms with E-state index in [0.717, 1.165) is 44.7 Å². The Bertz CT molecular complexity index is 563. The minimum Gasteiger partial charge on any atom is -0.351 e. The van der Waals surface area contributed by atoms with Gasteiger partial charge in [-0.3, -0.25) is 9.59 Å². The zero-order valence-corrected chi connectivity index (χ0v) is 16.7. The third-order valence-electron chi connectivity index (χ3n) is 7.53. The normalized spacial score (nSPS) is 41.3. The van der Waals surface area contributed by atoms with Crippen LogP contribution in [0.1, 0.15) is 90.9 Å². The molecule has 2 unspecified atom stereocenters. The lowest BCUT2D eigenvalue weighted by molar-refractivity contribution is -0.139. The Morgan fingerprint density at radius 3 is 2.19 bits per heavy atom. The molecule has 4 heteroatoms. The molecule has 0 spiro atoms. The topological polar surface area (TPSA) is 49.4 Å². The van der Waals surface area contributed by atoms with Crippen LogP contribution in [0.25, 0.3) is 0 Å². The van der Waals surface area contributed by atoms with E-state index in [-0.39, 0.29) is 17.4 Å². The van der Waals surface area contributed by atoms with Gasteiger partial charge in [0.1, 0.15) is 0 Å². The van der Waals surface area contributed by atoms with E-state index in [4.69, 9.17) is 0 Å². The fourth-order valence-electron chi connectivity index (χ4n) is 7.65. The lowest BCUT2D eigenvalue weighted by atomic mass is 9.43. The fourth-order valence-corrected chi connectivity index (χ4v) is 7.65. The molecule has 4 bridgehead atoms. The molecular formula is C22H36N2O2. The Morgan fingerprint density at radius 1 is 0.923 bits per heavy atom. The number of hydrogen-bond donors (Lipinski definition) is 1. The largest absolute Gasteiger partial charge is 0.351 e. The zero-order valence-electron chi connectivity index (χ0n) is 16.7. The molecule has 1 heterocycles. The van der Waals surface area contributed by atoms with Crippen molar-refractivity contribution in [3.8, 4) is 0 Å². The van der Waals surface area contributed by atoms with Crippen LogP contribution in [0.3, 0.4) is 0 Å². The Labute approximate surface area is 158 Å². The molecule has 1 aliphatic heterocycles. The van der Waals surface area contributed by atoms with E-state index in [9.17, 15) is 9.59 Å². The molecule has 2 atom stereocenters. The molecule has 4 saturated carbocycles. The molecule has 1 N–H and O–H groups in total. The maximum absolute atomic E-state index is 12.7. The molecule has 0 aromatic rings. The Balaban J connectivity index is 1.28. The Hall–Kier alpha value is -1.06. The van der Waals surface area contributed by atoms with Crippen molar-refractivity contribution in [3.05, 3.63) is 0 Å². The van der Waals surface area contributed by atoms with E-state index >= 15 is 0 Å². The average molecular weight is 361 g/mol. The Kier molecular flexibility index (Phi) is 4.60. The van der Waals surface area contributed by atoms with Crippen LogP contribution in [0.2, 0.25) is 0 Å². The van der Waals surface area contributed by atoms with Crippen molar-refractivity contribution in [2.45, 2.75) is 96.4 Å². The molecule has 146 valence electrons. The second kappa shape index (κ2) is 6.53. The van der Waals surface area contributed by atoms with Crippen LogP contribution in [-0.4, -0.2) is 35.3 Å². The molecule has 4 aliphatic carbocycles. The number of nitrogens with zero attached hydrogens (tertiary/aromatic N) is 1. The highest BCUT2D eigenvalue weighted by Gasteiger charge is 2.60. The van der Waals surface area contributed by atoms with E-state index in [0.29, 0.717) is 30.1 Å². The number of likely N-dealkylation sites (tertiary alicyclic amines) is 1. The number of nitrogens with one attached hydrogen (secondary N) is 1. The lowest BCUT2D eigenvalue weighted by Crippen LogP contribution is -2.65. The number of hydrogen-bond acceptors (Lipinski definition) is 2. The van der Waals surface area contributed by atoms with Crippen molar-refractivity contribution in [2.24, 2.45) is 16.7 Å². The second-order valence-corrected chi connectivity index (χ2v) is 10.8. The van der Waals surface area contributed by atoms with Gasteiger partial charge in [0.25, 0.3) is 0 Å². The SMILES string of the molecule is CC12CC3CC(C)(C1)CC(NC(=O)CCCC(=O)N1CCCCC1)(C3)C2. The maximum Gasteiger partial charge on any atom is 0.222 e. The van der Waals surface area contributed by atoms with Gasteiger partial charge in [0.15, 0.2) is 0 Å². The molecule has 2 amide bonds. The van der Waals surface area contributed by atoms with Gasteiger partial charge in [0, 0.05) is 31.5 Å². The maximum atomic E-state index is 12.7. The summed E-state index contributed by atoms with van der Waals surface area (Å²) in [5.74, 6) is 1.21. The lowest BCUT2D eigenvalue weighted by Gasteiger charge is -2.65. The van der Waals surface area contributed by atoms with Gasteiger partial charge < -0.3 is 10.2 Å². The summed E-state index contributed by atoms with van der Waals surface area (Å²) in [6, 6.07) is 0. The van der Waals surface area contributed by atoms with Crippen LogP contribution in [0, 0.1) is 16.7 Å². The molecule has 0 aromatic carbocycles. The van der Waals surface area contributed by atoms with E-state index < -0.39 is 0 Å². The minimum absolute atomic E-state index is 0.0386. The van der Waals surface area contributed by atoms with Gasteiger partial charge in [-0.25, -0.2) is 0 Å². The zero-order chi connectivity index (χ0) is 18.4. The summed E-state index contributed by atoms with van der Waals surface area (Å²) >= 11 is 0. The first-order valence-corrected chi connectivity index (χ1v) is 10.9. The summed E-state index contributed by atoms with van der Waals surface area (Å²) in [5, 5.41) is 3.46. The molecule has 4 nitrogen and oxygen atoms in total. The first-order valence-electron chi connectivity index (χ1n) is 10.9. The molecule has 26 heavy (non-hydrogen) atoms. The third-order valence-corrected chi connectivity index (χ3v) is 7.53. The number of carbonyl (C=O) groups excluding carboxylic acids is 2. The van der Waals surface area contributed by atoms with Crippen molar-refractivity contribution < 1.29 is 9.59 Å². The summed E-state index contributed by atoms with van der Waals surface area (Å²) in [7, 11) is 0. The van der Waals surface area contributed by atoms with Crippen molar-refractivity contribution in [1.82, 2.24) is 10.2 Å². The van der Waals surface area contributed by atoms with Gasteiger partial charge in [-0.15, -0.1) is 0 Å². The summed E-state index contributed by atoms with van der Waals surface area (Å²) < 4.78 is 0. The van der Waals surface area contributed by atoms with E-state index in [1.54, 1.807) is 0 Å². The number of amides is 2. The van der Waals surface area contributed by atoms with Crippen molar-refractivity contribution in [3.63, 3.8) is 0 Å². The van der Waals surface area contributed by atoms with Crippen LogP contribution < -0.4 is 5.32 Å². The first kappa shape index (κ1) is 18.3. The second-order valence-electron chi connectivity index (χ2n) is 10.8. The summed E-state index contributed by atoms with van der Waals surface area (Å²) in [6.45, 7) is 6.70. The van der Waals surface area contributed by atoms with E-state index in [1.807, 2.05) is 4.90 Å². The van der Waals surface area contributed by atoms with Crippen LogP contribution in [0.4, 0.5) is 0 Å². The number of rotatable bonds is 5. The van der Waals surface area contributed by atoms with Crippen LogP contribution in [0.15, 0.2) is 0 Å². The average Bonchev–Trinajstić information content (AvgIpc) is 2.51. The highest BCUT2D eigenvalue weighted by Crippen LogP contribution is 2.66. The predicted molar refractivity (Wildman–Crippen MR) is 103 cm³/mol. The quantitative estimate of drug-likeness (QED) is 0.804. The van der Waals surface area contributed by atoms with Gasteiger partial charge in [-0.2, -0.15) is 0 Å². The first-order chi connectivity index (χ1) is 12.3. The predicted octanol–water partition coefficient (Wildman–Crippen LogP) is 4.03. The molecule has 0 radical (unpaired) electrons. The van der Waals surface area contributed by atoms with Crippen LogP contribution >= 0.6 is 0 Å². The van der Waals surface area contributed by atoms with Crippen molar-refractivity contribution >= 4 is 11.8 Å². The smallest absolute Gasteiger partial charge is 0.222 e. The number of carbonyl (C=O) groups is 2.